The molecule has 3 amide bonds. The van der Waals surface area contributed by atoms with Gasteiger partial charge in [-0.15, -0.1) is 0 Å². The zero-order chi connectivity index (χ0) is 43.9. The summed E-state index contributed by atoms with van der Waals surface area (Å²) >= 11 is -0.749. The van der Waals surface area contributed by atoms with E-state index >= 15 is 0 Å². The lowest BCUT2D eigenvalue weighted by molar-refractivity contribution is 0.0945. The van der Waals surface area contributed by atoms with Crippen molar-refractivity contribution in [2.45, 2.75) is 26.2 Å². The molecule has 0 aliphatic carbocycles. The lowest BCUT2D eigenvalue weighted by Crippen LogP contribution is -2.43. The first-order chi connectivity index (χ1) is 29.1. The van der Waals surface area contributed by atoms with Crippen molar-refractivity contribution >= 4 is 72.5 Å². The van der Waals surface area contributed by atoms with Gasteiger partial charge < -0.3 is 40.0 Å². The van der Waals surface area contributed by atoms with Gasteiger partial charge >= 0.3 is 6.03 Å². The van der Waals surface area contributed by atoms with Crippen LogP contribution in [0.3, 0.4) is 0 Å². The van der Waals surface area contributed by atoms with Gasteiger partial charge in [0.15, 0.2) is 5.75 Å². The maximum absolute atomic E-state index is 13.7. The van der Waals surface area contributed by atoms with Crippen molar-refractivity contribution in [2.75, 3.05) is 85.0 Å². The number of fused-ring (bicyclic) bond motifs is 1. The molecule has 1 radical (unpaired) electrons. The molecule has 1 fully saturated rings. The maximum atomic E-state index is 13.7. The maximum Gasteiger partial charge on any atom is 0.323 e. The molecule has 15 nitrogen and oxygen atoms in total. The lowest BCUT2D eigenvalue weighted by Gasteiger charge is -2.28. The second-order valence-electron chi connectivity index (χ2n) is 15.4. The van der Waals surface area contributed by atoms with Crippen molar-refractivity contribution in [1.29, 1.82) is 0 Å². The van der Waals surface area contributed by atoms with Crippen LogP contribution in [0.5, 0.6) is 23.0 Å². The van der Waals surface area contributed by atoms with Gasteiger partial charge in [0.25, 0.3) is 5.91 Å². The first-order valence-electron chi connectivity index (χ1n) is 19.6. The Labute approximate surface area is 360 Å². The summed E-state index contributed by atoms with van der Waals surface area (Å²) in [5, 5.41) is 13.5. The van der Waals surface area contributed by atoms with Crippen LogP contribution >= 0.6 is 0 Å². The van der Waals surface area contributed by atoms with Crippen molar-refractivity contribution in [1.82, 2.24) is 15.2 Å². The lowest BCUT2D eigenvalue weighted by atomic mass is 9.86. The standard InChI is InChI=1S/C44H52N7O8S2/c1-8-51(61(7,55)56)37-26-29(44(2,3)4)25-36(41(37)58-6)49-43(53)48-35-15-16-38(33-12-10-9-11-32(33)35)59-31-17-18-45-40(28-31)47-30-13-14-34(39(27-30)57-5)42(52)46-19-20-50-21-23-60(54)24-22-50/h9-18,25-28H,1,8,19-24H2,2-7H3,(H,45,47)(H,46,52)(H2,48,49,53). The fourth-order valence-corrected chi connectivity index (χ4v) is 8.80. The minimum atomic E-state index is -3.72. The molecule has 1 aliphatic rings. The van der Waals surface area contributed by atoms with Gasteiger partial charge in [0.1, 0.15) is 34.6 Å². The van der Waals surface area contributed by atoms with Crippen LogP contribution in [0.1, 0.15) is 36.7 Å². The highest BCUT2D eigenvalue weighted by Crippen LogP contribution is 2.42. The van der Waals surface area contributed by atoms with Crippen molar-refractivity contribution in [3.8, 4) is 23.0 Å². The molecule has 0 bridgehead atoms. The van der Waals surface area contributed by atoms with Gasteiger partial charge in [-0.05, 0) is 60.4 Å². The Kier molecular flexibility index (Phi) is 14.2. The van der Waals surface area contributed by atoms with E-state index in [0.717, 1.165) is 34.6 Å². The number of carbonyl (C=O) groups is 2. The van der Waals surface area contributed by atoms with Crippen molar-refractivity contribution in [3.63, 3.8) is 0 Å². The van der Waals surface area contributed by atoms with E-state index in [2.05, 4.69) is 38.1 Å². The molecule has 2 heterocycles. The third-order valence-electron chi connectivity index (χ3n) is 10.1. The van der Waals surface area contributed by atoms with E-state index in [4.69, 9.17) is 14.2 Å². The Morgan fingerprint density at radius 1 is 0.918 bits per heavy atom. The minimum absolute atomic E-state index is 0.0795. The molecule has 61 heavy (non-hydrogen) atoms. The molecule has 17 heteroatoms. The smallest absolute Gasteiger partial charge is 0.323 e. The zero-order valence-electron chi connectivity index (χ0n) is 35.2. The van der Waals surface area contributed by atoms with E-state index in [1.165, 1.54) is 14.2 Å². The zero-order valence-corrected chi connectivity index (χ0v) is 36.8. The summed E-state index contributed by atoms with van der Waals surface area (Å²) in [6, 6.07) is 22.6. The van der Waals surface area contributed by atoms with Crippen LogP contribution in [0.2, 0.25) is 0 Å². The van der Waals surface area contributed by atoms with E-state index < -0.39 is 32.6 Å². The monoisotopic (exact) mass is 870 g/mol. The fourth-order valence-electron chi connectivity index (χ4n) is 6.85. The number of rotatable bonds is 15. The molecular weight excluding hydrogens is 819 g/mol. The van der Waals surface area contributed by atoms with Gasteiger partial charge in [-0.1, -0.05) is 56.2 Å². The van der Waals surface area contributed by atoms with Crippen molar-refractivity contribution in [2.24, 2.45) is 0 Å². The normalized spacial score (nSPS) is 13.6. The first-order valence-corrected chi connectivity index (χ1v) is 22.9. The summed E-state index contributed by atoms with van der Waals surface area (Å²) in [6.07, 6.45) is 2.71. The number of nitrogens with zero attached hydrogens (tertiary/aromatic N) is 3. The third-order valence-corrected chi connectivity index (χ3v) is 12.5. The van der Waals surface area contributed by atoms with Crippen LogP contribution in [0.4, 0.5) is 33.4 Å². The average Bonchev–Trinajstić information content (AvgIpc) is 3.22. The SMILES string of the molecule is [CH2]CN(c1cc(C(C)(C)C)cc(NC(=O)Nc2ccc(Oc3ccnc(Nc4ccc(C(=O)NCCN5CC[S+]([O-])CC5)c(OC)c4)c3)c3ccccc23)c1OC)S(C)(=O)=O. The topological polar surface area (TPSA) is 187 Å². The van der Waals surface area contributed by atoms with Crippen LogP contribution in [0.15, 0.2) is 85.1 Å². The predicted octanol–water partition coefficient (Wildman–Crippen LogP) is 7.12. The highest BCUT2D eigenvalue weighted by atomic mass is 32.2. The summed E-state index contributed by atoms with van der Waals surface area (Å²) in [4.78, 5) is 33.3. The molecule has 0 unspecified atom stereocenters. The van der Waals surface area contributed by atoms with Gasteiger partial charge in [0.05, 0.1) is 43.1 Å². The Hall–Kier alpha value is -5.75. The van der Waals surface area contributed by atoms with Crippen molar-refractivity contribution < 1.29 is 36.8 Å². The number of methoxy groups -OCH3 is 2. The van der Waals surface area contributed by atoms with Gasteiger partial charge in [-0.25, -0.2) is 18.2 Å². The van der Waals surface area contributed by atoms with Gasteiger partial charge in [-0.3, -0.25) is 14.0 Å². The van der Waals surface area contributed by atoms with Crippen LogP contribution in [-0.4, -0.2) is 99.5 Å². The number of hydrogen-bond acceptors (Lipinski definition) is 11. The Morgan fingerprint density at radius 3 is 2.31 bits per heavy atom. The highest BCUT2D eigenvalue weighted by Gasteiger charge is 2.27. The number of ether oxygens (including phenoxy) is 3. The molecule has 6 rings (SSSR count). The minimum Gasteiger partial charge on any atom is -0.616 e. The second-order valence-corrected chi connectivity index (χ2v) is 19.0. The summed E-state index contributed by atoms with van der Waals surface area (Å²) in [7, 11) is -0.794. The number of anilines is 5. The summed E-state index contributed by atoms with van der Waals surface area (Å²) in [5.41, 5.74) is 2.49. The molecule has 0 spiro atoms. The van der Waals surface area contributed by atoms with E-state index in [0.29, 0.717) is 70.0 Å². The first kappa shape index (κ1) is 44.8. The molecule has 323 valence electrons. The van der Waals surface area contributed by atoms with E-state index in [-0.39, 0.29) is 29.6 Å². The number of nitrogens with one attached hydrogen (secondary N) is 4. The second kappa shape index (κ2) is 19.3. The fraction of sp³-hybridized carbons (Fsp3) is 0.318. The quantitative estimate of drug-likeness (QED) is 0.0785. The summed E-state index contributed by atoms with van der Waals surface area (Å²) in [6.45, 7) is 12.4. The number of amides is 3. The van der Waals surface area contributed by atoms with Crippen LogP contribution < -0.4 is 39.8 Å². The van der Waals surface area contributed by atoms with E-state index in [1.807, 2.05) is 45.0 Å². The molecular formula is C44H52N7O8S2. The predicted molar refractivity (Wildman–Crippen MR) is 243 cm³/mol. The summed E-state index contributed by atoms with van der Waals surface area (Å²) < 4.78 is 55.9. The van der Waals surface area contributed by atoms with E-state index in [9.17, 15) is 22.6 Å². The van der Waals surface area contributed by atoms with Crippen LogP contribution in [0, 0.1) is 6.92 Å². The molecule has 4 N–H and O–H groups in total. The Bertz CT molecular complexity index is 2490. The van der Waals surface area contributed by atoms with Gasteiger partial charge in [-0.2, -0.15) is 0 Å². The Balaban J connectivity index is 1.16. The van der Waals surface area contributed by atoms with Gasteiger partial charge in [0, 0.05) is 67.5 Å². The molecule has 1 aromatic heterocycles. The molecule has 5 aromatic rings. The van der Waals surface area contributed by atoms with Gasteiger partial charge in [0.2, 0.25) is 10.0 Å². The van der Waals surface area contributed by atoms with Crippen LogP contribution in [0.25, 0.3) is 10.8 Å². The third kappa shape index (κ3) is 11.2. The number of urea groups is 1. The largest absolute Gasteiger partial charge is 0.616 e. The average molecular weight is 871 g/mol. The molecule has 1 saturated heterocycles. The molecule has 0 atom stereocenters. The molecule has 1 aliphatic heterocycles. The number of sulfonamides is 1. The summed E-state index contributed by atoms with van der Waals surface area (Å²) in [5.74, 6) is 3.16. The molecule has 4 aromatic carbocycles. The Morgan fingerprint density at radius 2 is 1.64 bits per heavy atom. The number of pyridine rings is 1. The molecule has 0 saturated carbocycles. The van der Waals surface area contributed by atoms with Crippen LogP contribution in [-0.2, 0) is 26.6 Å². The van der Waals surface area contributed by atoms with E-state index in [1.54, 1.807) is 60.8 Å². The van der Waals surface area contributed by atoms with Crippen molar-refractivity contribution in [3.05, 3.63) is 103 Å². The highest BCUT2D eigenvalue weighted by molar-refractivity contribution is 7.92. The number of benzene rings is 4. The number of aromatic nitrogens is 1. The number of hydrogen-bond donors (Lipinski definition) is 4. The number of carbonyl (C=O) groups excluding carboxylic acids is 2.